The molecular formula is C17H18BrN3. The number of halogens is 1. The molecule has 1 atom stereocenters. The summed E-state index contributed by atoms with van der Waals surface area (Å²) in [6.45, 7) is 2.22. The highest BCUT2D eigenvalue weighted by atomic mass is 79.9. The summed E-state index contributed by atoms with van der Waals surface area (Å²) in [6.07, 6.45) is 2.20. The van der Waals surface area contributed by atoms with Gasteiger partial charge in [0.1, 0.15) is 5.84 Å². The van der Waals surface area contributed by atoms with Crippen LogP contribution < -0.4 is 10.6 Å². The largest absolute Gasteiger partial charge is 0.384 e. The van der Waals surface area contributed by atoms with Crippen LogP contribution in [0.25, 0.3) is 0 Å². The normalized spacial score (nSPS) is 17.4. The number of nitrogens with one attached hydrogen (secondary N) is 1. The standard InChI is InChI=1S/C17H18BrN3/c1-11-6-7-12-4-2-3-5-15(12)21(11)16-9-8-13(18)10-14(16)17(19)20/h2-5,8-11H,6-7H2,1H3,(H3,19,20). The summed E-state index contributed by atoms with van der Waals surface area (Å²) in [5, 5.41) is 7.87. The van der Waals surface area contributed by atoms with Crippen LogP contribution in [0.3, 0.4) is 0 Å². The second-order valence-corrected chi connectivity index (χ2v) is 6.38. The Hall–Kier alpha value is -1.81. The van der Waals surface area contributed by atoms with Crippen LogP contribution in [0.4, 0.5) is 11.4 Å². The Morgan fingerprint density at radius 2 is 2.00 bits per heavy atom. The number of nitrogen functional groups attached to an aromatic ring is 1. The molecule has 0 amide bonds. The van der Waals surface area contributed by atoms with Gasteiger partial charge in [0.15, 0.2) is 0 Å². The molecule has 3 N–H and O–H groups in total. The maximum Gasteiger partial charge on any atom is 0.124 e. The Labute approximate surface area is 133 Å². The number of amidine groups is 1. The third-order valence-electron chi connectivity index (χ3n) is 4.03. The van der Waals surface area contributed by atoms with E-state index in [9.17, 15) is 0 Å². The van der Waals surface area contributed by atoms with Gasteiger partial charge in [0.25, 0.3) is 0 Å². The number of fused-ring (bicyclic) bond motifs is 1. The van der Waals surface area contributed by atoms with E-state index in [1.807, 2.05) is 18.2 Å². The van der Waals surface area contributed by atoms with E-state index in [2.05, 4.69) is 52.0 Å². The number of anilines is 2. The van der Waals surface area contributed by atoms with E-state index in [0.29, 0.717) is 6.04 Å². The molecule has 0 aromatic heterocycles. The van der Waals surface area contributed by atoms with Crippen LogP contribution >= 0.6 is 15.9 Å². The van der Waals surface area contributed by atoms with Gasteiger partial charge >= 0.3 is 0 Å². The van der Waals surface area contributed by atoms with E-state index in [-0.39, 0.29) is 5.84 Å². The predicted molar refractivity (Wildman–Crippen MR) is 91.5 cm³/mol. The van der Waals surface area contributed by atoms with E-state index in [0.717, 1.165) is 28.6 Å². The predicted octanol–water partition coefficient (Wildman–Crippen LogP) is 4.21. The van der Waals surface area contributed by atoms with Crippen molar-refractivity contribution in [2.45, 2.75) is 25.8 Å². The van der Waals surface area contributed by atoms with Gasteiger partial charge in [-0.25, -0.2) is 0 Å². The van der Waals surface area contributed by atoms with Crippen molar-refractivity contribution in [1.82, 2.24) is 0 Å². The van der Waals surface area contributed by atoms with Gasteiger partial charge in [-0.1, -0.05) is 34.1 Å². The lowest BCUT2D eigenvalue weighted by atomic mass is 9.95. The fraction of sp³-hybridized carbons (Fsp3) is 0.235. The molecule has 1 aliphatic heterocycles. The van der Waals surface area contributed by atoms with E-state index in [4.69, 9.17) is 11.1 Å². The quantitative estimate of drug-likeness (QED) is 0.633. The van der Waals surface area contributed by atoms with Crippen molar-refractivity contribution in [2.75, 3.05) is 4.90 Å². The number of para-hydroxylation sites is 1. The molecule has 0 radical (unpaired) electrons. The molecule has 21 heavy (non-hydrogen) atoms. The lowest BCUT2D eigenvalue weighted by Crippen LogP contribution is -2.34. The maximum absolute atomic E-state index is 7.87. The number of rotatable bonds is 2. The third-order valence-corrected chi connectivity index (χ3v) is 4.52. The number of hydrogen-bond acceptors (Lipinski definition) is 2. The SMILES string of the molecule is CC1CCc2ccccc2N1c1ccc(Br)cc1C(=N)N. The van der Waals surface area contributed by atoms with Crippen LogP contribution in [0.5, 0.6) is 0 Å². The molecule has 4 heteroatoms. The van der Waals surface area contributed by atoms with E-state index in [1.165, 1.54) is 11.3 Å². The van der Waals surface area contributed by atoms with Crippen molar-refractivity contribution in [3.63, 3.8) is 0 Å². The molecule has 0 aliphatic carbocycles. The van der Waals surface area contributed by atoms with Gasteiger partial charge in [-0.2, -0.15) is 0 Å². The zero-order valence-electron chi connectivity index (χ0n) is 11.9. The summed E-state index contributed by atoms with van der Waals surface area (Å²) in [5.74, 6) is 0.0987. The third kappa shape index (κ3) is 2.56. The fourth-order valence-corrected chi connectivity index (χ4v) is 3.35. The van der Waals surface area contributed by atoms with Crippen LogP contribution in [0.1, 0.15) is 24.5 Å². The molecule has 0 bridgehead atoms. The van der Waals surface area contributed by atoms with Gasteiger partial charge < -0.3 is 10.6 Å². The average Bonchev–Trinajstić information content (AvgIpc) is 2.47. The van der Waals surface area contributed by atoms with Crippen molar-refractivity contribution in [3.05, 3.63) is 58.1 Å². The Bertz CT molecular complexity index is 696. The van der Waals surface area contributed by atoms with Crippen molar-refractivity contribution in [1.29, 1.82) is 5.41 Å². The zero-order chi connectivity index (χ0) is 15.0. The number of nitrogens with two attached hydrogens (primary N) is 1. The molecule has 0 fully saturated rings. The van der Waals surface area contributed by atoms with Crippen LogP contribution in [0.15, 0.2) is 46.9 Å². The number of aryl methyl sites for hydroxylation is 1. The van der Waals surface area contributed by atoms with E-state index < -0.39 is 0 Å². The first-order chi connectivity index (χ1) is 10.1. The van der Waals surface area contributed by atoms with E-state index in [1.54, 1.807) is 0 Å². The topological polar surface area (TPSA) is 53.1 Å². The summed E-state index contributed by atoms with van der Waals surface area (Å²) in [4.78, 5) is 2.31. The number of nitrogens with zero attached hydrogens (tertiary/aromatic N) is 1. The highest BCUT2D eigenvalue weighted by molar-refractivity contribution is 9.10. The summed E-state index contributed by atoms with van der Waals surface area (Å²) in [7, 11) is 0. The highest BCUT2D eigenvalue weighted by Crippen LogP contribution is 2.38. The lowest BCUT2D eigenvalue weighted by molar-refractivity contribution is 0.618. The minimum atomic E-state index is 0.0987. The second kappa shape index (κ2) is 5.53. The minimum Gasteiger partial charge on any atom is -0.384 e. The highest BCUT2D eigenvalue weighted by Gasteiger charge is 2.26. The molecule has 0 spiro atoms. The van der Waals surface area contributed by atoms with Crippen molar-refractivity contribution in [2.24, 2.45) is 5.73 Å². The second-order valence-electron chi connectivity index (χ2n) is 5.46. The first kappa shape index (κ1) is 14.1. The van der Waals surface area contributed by atoms with Crippen molar-refractivity contribution < 1.29 is 0 Å². The monoisotopic (exact) mass is 343 g/mol. The Balaban J connectivity index is 2.18. The summed E-state index contributed by atoms with van der Waals surface area (Å²) in [6, 6.07) is 14.8. The van der Waals surface area contributed by atoms with Crippen LogP contribution in [0.2, 0.25) is 0 Å². The van der Waals surface area contributed by atoms with Gasteiger partial charge in [0, 0.05) is 21.8 Å². The first-order valence-corrected chi connectivity index (χ1v) is 7.88. The van der Waals surface area contributed by atoms with Gasteiger partial charge in [0.2, 0.25) is 0 Å². The smallest absolute Gasteiger partial charge is 0.124 e. The number of hydrogen-bond donors (Lipinski definition) is 2. The first-order valence-electron chi connectivity index (χ1n) is 7.09. The Kier molecular flexibility index (Phi) is 3.72. The summed E-state index contributed by atoms with van der Waals surface area (Å²) < 4.78 is 0.939. The molecule has 1 heterocycles. The summed E-state index contributed by atoms with van der Waals surface area (Å²) >= 11 is 3.46. The fourth-order valence-electron chi connectivity index (χ4n) is 2.99. The molecule has 2 aromatic carbocycles. The molecule has 2 aromatic rings. The Morgan fingerprint density at radius 3 is 2.76 bits per heavy atom. The average molecular weight is 344 g/mol. The minimum absolute atomic E-state index is 0.0987. The molecule has 0 saturated heterocycles. The van der Waals surface area contributed by atoms with Gasteiger partial charge in [0.05, 0.1) is 5.69 Å². The maximum atomic E-state index is 7.87. The van der Waals surface area contributed by atoms with Gasteiger partial charge in [-0.05, 0) is 49.6 Å². The molecule has 0 saturated carbocycles. The zero-order valence-corrected chi connectivity index (χ0v) is 13.5. The molecule has 108 valence electrons. The van der Waals surface area contributed by atoms with E-state index >= 15 is 0 Å². The van der Waals surface area contributed by atoms with Crippen molar-refractivity contribution in [3.8, 4) is 0 Å². The number of benzene rings is 2. The Morgan fingerprint density at radius 1 is 1.24 bits per heavy atom. The van der Waals surface area contributed by atoms with Gasteiger partial charge in [-0.3, -0.25) is 5.41 Å². The van der Waals surface area contributed by atoms with Crippen LogP contribution in [-0.4, -0.2) is 11.9 Å². The molecular weight excluding hydrogens is 326 g/mol. The molecule has 1 aliphatic rings. The van der Waals surface area contributed by atoms with Crippen molar-refractivity contribution >= 4 is 33.1 Å². The lowest BCUT2D eigenvalue weighted by Gasteiger charge is -2.38. The summed E-state index contributed by atoms with van der Waals surface area (Å²) in [5.41, 5.74) is 10.1. The molecule has 3 nitrogen and oxygen atoms in total. The van der Waals surface area contributed by atoms with Gasteiger partial charge in [-0.15, -0.1) is 0 Å². The van der Waals surface area contributed by atoms with Crippen LogP contribution in [-0.2, 0) is 6.42 Å². The van der Waals surface area contributed by atoms with Crippen LogP contribution in [0, 0.1) is 5.41 Å². The molecule has 1 unspecified atom stereocenters. The molecule has 3 rings (SSSR count).